The third kappa shape index (κ3) is 25.0. The second-order valence-corrected chi connectivity index (χ2v) is 4.67. The Kier molecular flexibility index (Phi) is 36.2. The van der Waals surface area contributed by atoms with Gasteiger partial charge in [0.05, 0.1) is 7.11 Å². The van der Waals surface area contributed by atoms with Crippen LogP contribution in [0.4, 0.5) is 0 Å². The van der Waals surface area contributed by atoms with Gasteiger partial charge in [-0.1, -0.05) is 77.8 Å². The van der Waals surface area contributed by atoms with Gasteiger partial charge in [-0.05, 0) is 44.9 Å². The quantitative estimate of drug-likeness (QED) is 0.442. The average Bonchev–Trinajstić information content (AvgIpc) is 2.84. The summed E-state index contributed by atoms with van der Waals surface area (Å²) in [6.07, 6.45) is 7.51. The summed E-state index contributed by atoms with van der Waals surface area (Å²) in [6.45, 7) is 18.6. The third-order valence-corrected chi connectivity index (χ3v) is 2.80. The van der Waals surface area contributed by atoms with Gasteiger partial charge in [0.25, 0.3) is 11.8 Å². The molecule has 1 aromatic carbocycles. The average molecular weight is 433 g/mol. The van der Waals surface area contributed by atoms with Crippen LogP contribution in [0.2, 0.25) is 0 Å². The van der Waals surface area contributed by atoms with Crippen LogP contribution in [-0.2, 0) is 4.79 Å². The van der Waals surface area contributed by atoms with Crippen molar-refractivity contribution >= 4 is 11.8 Å². The van der Waals surface area contributed by atoms with E-state index in [-0.39, 0.29) is 11.8 Å². The molecule has 0 heterocycles. The van der Waals surface area contributed by atoms with Crippen molar-refractivity contribution in [1.29, 1.82) is 0 Å². The van der Waals surface area contributed by atoms with Gasteiger partial charge in [-0.25, -0.2) is 0 Å². The van der Waals surface area contributed by atoms with Gasteiger partial charge in [-0.15, -0.1) is 0 Å². The number of nitrogens with one attached hydrogen (secondary N) is 2. The van der Waals surface area contributed by atoms with Crippen molar-refractivity contribution in [2.45, 2.75) is 62.3 Å². The largest absolute Gasteiger partial charge is 0.497 e. The molecular weight excluding hydrogens is 388 g/mol. The number of carbonyl (C=O) groups is 2. The van der Waals surface area contributed by atoms with Crippen molar-refractivity contribution in [2.75, 3.05) is 20.2 Å². The van der Waals surface area contributed by atoms with Crippen molar-refractivity contribution in [2.24, 2.45) is 0 Å². The second-order valence-electron chi connectivity index (χ2n) is 4.67. The number of hydrogen-bond acceptors (Lipinski definition) is 3. The lowest BCUT2D eigenvalue weighted by atomic mass is 10.2. The molecule has 2 amide bonds. The smallest absolute Gasteiger partial charge is 0.296 e. The molecule has 0 saturated heterocycles. The highest BCUT2D eigenvalue weighted by Crippen LogP contribution is 2.12. The maximum atomic E-state index is 11.6. The minimum atomic E-state index is -0.222. The molecule has 5 nitrogen and oxygen atoms in total. The topological polar surface area (TPSA) is 67.4 Å². The van der Waals surface area contributed by atoms with Crippen molar-refractivity contribution in [3.05, 3.63) is 54.1 Å². The molecule has 5 heteroatoms. The minimum absolute atomic E-state index is 0.0907. The molecular formula is C26H44N2O3. The number of benzene rings is 1. The molecule has 0 atom stereocenters. The number of rotatable bonds is 6. The van der Waals surface area contributed by atoms with Gasteiger partial charge >= 0.3 is 0 Å². The summed E-state index contributed by atoms with van der Waals surface area (Å²) in [4.78, 5) is 22.2. The zero-order chi connectivity index (χ0) is 24.9. The Labute approximate surface area is 191 Å². The molecule has 0 aliphatic heterocycles. The lowest BCUT2D eigenvalue weighted by molar-refractivity contribution is -0.115. The molecule has 176 valence electrons. The van der Waals surface area contributed by atoms with E-state index in [2.05, 4.69) is 22.5 Å². The molecule has 0 bridgehead atoms. The third-order valence-electron chi connectivity index (χ3n) is 2.80. The molecule has 1 rings (SSSR count). The summed E-state index contributed by atoms with van der Waals surface area (Å²) < 4.78 is 5.04. The van der Waals surface area contributed by atoms with Crippen LogP contribution in [-0.4, -0.2) is 32.0 Å². The van der Waals surface area contributed by atoms with Gasteiger partial charge in [0.2, 0.25) is 0 Å². The van der Waals surface area contributed by atoms with Gasteiger partial charge in [0.15, 0.2) is 0 Å². The minimum Gasteiger partial charge on any atom is -0.497 e. The number of hydrogen-bond donors (Lipinski definition) is 2. The molecule has 0 unspecified atom stereocenters. The lowest BCUT2D eigenvalue weighted by Crippen LogP contribution is -2.23. The van der Waals surface area contributed by atoms with E-state index in [1.165, 1.54) is 0 Å². The number of allylic oxidation sites excluding steroid dienone is 2. The Morgan fingerprint density at radius 1 is 0.935 bits per heavy atom. The van der Waals surface area contributed by atoms with E-state index in [1.54, 1.807) is 32.2 Å². The molecule has 31 heavy (non-hydrogen) atoms. The number of methoxy groups -OCH3 is 1. The van der Waals surface area contributed by atoms with Crippen LogP contribution in [0.3, 0.4) is 0 Å². The zero-order valence-corrected chi connectivity index (χ0v) is 21.3. The standard InChI is InChI=1S/C12H15NO2.C8H11NO.3C2H6/c1-3-4-8-13-12(14)10-6-5-7-11(9-10)15-2;1-3-5-7-9-8(10)6-4-2;3*1-2/h3-7,9H,8H2,1-2H3,(H,13,14);3,5H,7H2,1-2H3,(H,9,10);3*1-2H3/b4-3+;5-3+;;;. The molecule has 1 aromatic rings. The van der Waals surface area contributed by atoms with Gasteiger partial charge in [-0.3, -0.25) is 9.59 Å². The molecule has 0 fully saturated rings. The fraction of sp³-hybridized carbons (Fsp3) is 0.462. The summed E-state index contributed by atoms with van der Waals surface area (Å²) >= 11 is 0. The van der Waals surface area contributed by atoms with Crippen LogP contribution in [0.25, 0.3) is 0 Å². The van der Waals surface area contributed by atoms with Crippen LogP contribution in [0.5, 0.6) is 5.75 Å². The fourth-order valence-corrected chi connectivity index (χ4v) is 1.56. The Bertz CT molecular complexity index is 654. The Balaban J connectivity index is -0.000000198. The molecule has 0 spiro atoms. The van der Waals surface area contributed by atoms with Crippen molar-refractivity contribution in [3.8, 4) is 17.6 Å². The highest BCUT2D eigenvalue weighted by atomic mass is 16.5. The van der Waals surface area contributed by atoms with Crippen molar-refractivity contribution in [1.82, 2.24) is 10.6 Å². The molecule has 0 aliphatic rings. The molecule has 0 radical (unpaired) electrons. The Morgan fingerprint density at radius 3 is 1.90 bits per heavy atom. The van der Waals surface area contributed by atoms with E-state index in [4.69, 9.17) is 4.74 Å². The lowest BCUT2D eigenvalue weighted by Gasteiger charge is -2.04. The van der Waals surface area contributed by atoms with Crippen molar-refractivity contribution < 1.29 is 14.3 Å². The van der Waals surface area contributed by atoms with E-state index >= 15 is 0 Å². The predicted octanol–water partition coefficient (Wildman–Crippen LogP) is 5.78. The Morgan fingerprint density at radius 2 is 1.45 bits per heavy atom. The van der Waals surface area contributed by atoms with Gasteiger partial charge in [0.1, 0.15) is 5.75 Å². The molecule has 2 N–H and O–H groups in total. The normalized spacial score (nSPS) is 8.32. The highest BCUT2D eigenvalue weighted by Gasteiger charge is 2.04. The predicted molar refractivity (Wildman–Crippen MR) is 135 cm³/mol. The van der Waals surface area contributed by atoms with E-state index in [1.807, 2.05) is 85.8 Å². The highest BCUT2D eigenvalue weighted by molar-refractivity contribution is 5.94. The van der Waals surface area contributed by atoms with Crippen molar-refractivity contribution in [3.63, 3.8) is 0 Å². The van der Waals surface area contributed by atoms with Gasteiger partial charge < -0.3 is 15.4 Å². The summed E-state index contributed by atoms with van der Waals surface area (Å²) in [5, 5.41) is 5.36. The first kappa shape index (κ1) is 35.4. The number of carbonyl (C=O) groups excluding carboxylic acids is 2. The van der Waals surface area contributed by atoms with Crippen LogP contribution in [0.15, 0.2) is 48.6 Å². The number of ether oxygens (including phenoxy) is 1. The maximum absolute atomic E-state index is 11.6. The first-order valence-corrected chi connectivity index (χ1v) is 10.9. The van der Waals surface area contributed by atoms with Crippen LogP contribution in [0, 0.1) is 11.8 Å². The maximum Gasteiger partial charge on any atom is 0.296 e. The van der Waals surface area contributed by atoms with E-state index in [0.717, 1.165) is 0 Å². The van der Waals surface area contributed by atoms with Crippen LogP contribution in [0.1, 0.15) is 72.7 Å². The summed E-state index contributed by atoms with van der Waals surface area (Å²) in [7, 11) is 1.58. The first-order chi connectivity index (χ1) is 15.1. The van der Waals surface area contributed by atoms with E-state index in [0.29, 0.717) is 24.4 Å². The monoisotopic (exact) mass is 432 g/mol. The molecule has 0 aliphatic carbocycles. The first-order valence-electron chi connectivity index (χ1n) is 10.9. The van der Waals surface area contributed by atoms with Gasteiger partial charge in [-0.2, -0.15) is 0 Å². The number of amides is 2. The summed E-state index contributed by atoms with van der Waals surface area (Å²) in [6, 6.07) is 7.07. The van der Waals surface area contributed by atoms with E-state index in [9.17, 15) is 9.59 Å². The second kappa shape index (κ2) is 31.7. The summed E-state index contributed by atoms with van der Waals surface area (Å²) in [5.74, 6) is 5.25. The Hall–Kier alpha value is -3.00. The zero-order valence-electron chi connectivity index (χ0n) is 21.3. The SMILES string of the molecule is C/C=C/CNC(=O)c1cccc(OC)c1.CC.CC.CC.CC#CC(=O)NC/C=C/C. The summed E-state index contributed by atoms with van der Waals surface area (Å²) in [5.41, 5.74) is 0.610. The van der Waals surface area contributed by atoms with Crippen LogP contribution < -0.4 is 15.4 Å². The van der Waals surface area contributed by atoms with Gasteiger partial charge in [0, 0.05) is 18.7 Å². The van der Waals surface area contributed by atoms with Crippen LogP contribution >= 0.6 is 0 Å². The molecule has 0 saturated carbocycles. The van der Waals surface area contributed by atoms with E-state index < -0.39 is 0 Å². The molecule has 0 aromatic heterocycles. The fourth-order valence-electron chi connectivity index (χ4n) is 1.56.